The van der Waals surface area contributed by atoms with E-state index in [-0.39, 0.29) is 6.10 Å². The van der Waals surface area contributed by atoms with Gasteiger partial charge in [-0.3, -0.25) is 4.98 Å². The van der Waals surface area contributed by atoms with Crippen molar-refractivity contribution in [2.45, 2.75) is 12.5 Å². The summed E-state index contributed by atoms with van der Waals surface area (Å²) in [6, 6.07) is 9.99. The summed E-state index contributed by atoms with van der Waals surface area (Å²) in [5, 5.41) is 4.43. The molecule has 4 nitrogen and oxygen atoms in total. The van der Waals surface area contributed by atoms with Crippen LogP contribution in [0.5, 0.6) is 5.75 Å². The second-order valence-electron chi connectivity index (χ2n) is 4.67. The third kappa shape index (κ3) is 3.03. The second-order valence-corrected chi connectivity index (χ2v) is 4.67. The first-order chi connectivity index (χ1) is 9.43. The van der Waals surface area contributed by atoms with Crippen LogP contribution in [0.25, 0.3) is 10.9 Å². The SMILES string of the molecule is c1cnc2c(OCCC3CNCCO3)cccc2c1. The van der Waals surface area contributed by atoms with Crippen LogP contribution in [0.3, 0.4) is 0 Å². The zero-order valence-electron chi connectivity index (χ0n) is 10.8. The van der Waals surface area contributed by atoms with Crippen LogP contribution < -0.4 is 10.1 Å². The summed E-state index contributed by atoms with van der Waals surface area (Å²) >= 11 is 0. The van der Waals surface area contributed by atoms with E-state index >= 15 is 0 Å². The van der Waals surface area contributed by atoms with Crippen LogP contribution in [-0.2, 0) is 4.74 Å². The van der Waals surface area contributed by atoms with Gasteiger partial charge in [0, 0.05) is 31.1 Å². The Morgan fingerprint density at radius 2 is 2.26 bits per heavy atom. The molecule has 4 heteroatoms. The number of pyridine rings is 1. The average Bonchev–Trinajstić information content (AvgIpc) is 2.49. The minimum absolute atomic E-state index is 0.261. The van der Waals surface area contributed by atoms with E-state index in [2.05, 4.69) is 10.3 Å². The van der Waals surface area contributed by atoms with Gasteiger partial charge in [-0.25, -0.2) is 0 Å². The van der Waals surface area contributed by atoms with E-state index in [4.69, 9.17) is 9.47 Å². The molecule has 2 aromatic rings. The van der Waals surface area contributed by atoms with E-state index in [0.717, 1.165) is 42.8 Å². The van der Waals surface area contributed by atoms with Gasteiger partial charge in [0.2, 0.25) is 0 Å². The molecule has 1 fully saturated rings. The first-order valence-corrected chi connectivity index (χ1v) is 6.72. The summed E-state index contributed by atoms with van der Waals surface area (Å²) in [4.78, 5) is 4.38. The summed E-state index contributed by atoms with van der Waals surface area (Å²) in [5.41, 5.74) is 0.924. The van der Waals surface area contributed by atoms with Crippen LogP contribution >= 0.6 is 0 Å². The number of ether oxygens (including phenoxy) is 2. The van der Waals surface area contributed by atoms with E-state index in [1.807, 2.05) is 30.3 Å². The fraction of sp³-hybridized carbons (Fsp3) is 0.400. The van der Waals surface area contributed by atoms with Crippen LogP contribution in [0.15, 0.2) is 36.5 Å². The Morgan fingerprint density at radius 3 is 3.16 bits per heavy atom. The van der Waals surface area contributed by atoms with Gasteiger partial charge < -0.3 is 14.8 Å². The van der Waals surface area contributed by atoms with Crippen LogP contribution in [-0.4, -0.2) is 37.4 Å². The number of hydrogen-bond acceptors (Lipinski definition) is 4. The van der Waals surface area contributed by atoms with Gasteiger partial charge in [-0.15, -0.1) is 0 Å². The standard InChI is InChI=1S/C15H18N2O2/c1-3-12-4-2-7-17-15(12)14(5-1)19-9-6-13-11-16-8-10-18-13/h1-5,7,13,16H,6,8-11H2. The van der Waals surface area contributed by atoms with Gasteiger partial charge in [0.05, 0.1) is 19.3 Å². The molecule has 3 rings (SSSR count). The van der Waals surface area contributed by atoms with Gasteiger partial charge >= 0.3 is 0 Å². The van der Waals surface area contributed by atoms with Crippen molar-refractivity contribution in [3.8, 4) is 5.75 Å². The summed E-state index contributed by atoms with van der Waals surface area (Å²) in [6.07, 6.45) is 2.95. The van der Waals surface area contributed by atoms with E-state index in [0.29, 0.717) is 6.61 Å². The van der Waals surface area contributed by atoms with Crippen molar-refractivity contribution in [2.24, 2.45) is 0 Å². The Morgan fingerprint density at radius 1 is 1.32 bits per heavy atom. The third-order valence-corrected chi connectivity index (χ3v) is 3.30. The third-order valence-electron chi connectivity index (χ3n) is 3.30. The maximum Gasteiger partial charge on any atom is 0.145 e. The zero-order valence-corrected chi connectivity index (χ0v) is 10.8. The first kappa shape index (κ1) is 12.4. The minimum Gasteiger partial charge on any atom is -0.491 e. The molecule has 1 unspecified atom stereocenters. The van der Waals surface area contributed by atoms with E-state index in [1.54, 1.807) is 6.20 Å². The van der Waals surface area contributed by atoms with Crippen LogP contribution in [0.2, 0.25) is 0 Å². The van der Waals surface area contributed by atoms with Gasteiger partial charge in [-0.2, -0.15) is 0 Å². The molecule has 1 saturated heterocycles. The number of nitrogens with zero attached hydrogens (tertiary/aromatic N) is 1. The lowest BCUT2D eigenvalue weighted by atomic mass is 10.2. The van der Waals surface area contributed by atoms with Crippen LogP contribution in [0, 0.1) is 0 Å². The molecule has 0 bridgehead atoms. The molecule has 2 heterocycles. The first-order valence-electron chi connectivity index (χ1n) is 6.72. The fourth-order valence-corrected chi connectivity index (χ4v) is 2.30. The maximum atomic E-state index is 5.85. The molecule has 0 spiro atoms. The average molecular weight is 258 g/mol. The predicted octanol–water partition coefficient (Wildman–Crippen LogP) is 1.99. The van der Waals surface area contributed by atoms with Gasteiger partial charge in [0.25, 0.3) is 0 Å². The fourth-order valence-electron chi connectivity index (χ4n) is 2.30. The molecule has 0 radical (unpaired) electrons. The van der Waals surface area contributed by atoms with Crippen molar-refractivity contribution >= 4 is 10.9 Å². The Kier molecular flexibility index (Phi) is 3.91. The molecule has 1 aliphatic heterocycles. The molecular formula is C15H18N2O2. The lowest BCUT2D eigenvalue weighted by Gasteiger charge is -2.23. The number of rotatable bonds is 4. The Labute approximate surface area is 112 Å². The Balaban J connectivity index is 1.62. The topological polar surface area (TPSA) is 43.4 Å². The van der Waals surface area contributed by atoms with E-state index in [1.165, 1.54) is 0 Å². The predicted molar refractivity (Wildman–Crippen MR) is 74.5 cm³/mol. The van der Waals surface area contributed by atoms with Crippen molar-refractivity contribution in [1.82, 2.24) is 10.3 Å². The highest BCUT2D eigenvalue weighted by molar-refractivity contribution is 5.84. The highest BCUT2D eigenvalue weighted by atomic mass is 16.5. The summed E-state index contributed by atoms with van der Waals surface area (Å²) in [5.74, 6) is 0.849. The lowest BCUT2D eigenvalue weighted by Crippen LogP contribution is -2.39. The number of aromatic nitrogens is 1. The highest BCUT2D eigenvalue weighted by Crippen LogP contribution is 2.23. The van der Waals surface area contributed by atoms with Gasteiger partial charge in [0.15, 0.2) is 0 Å². The zero-order chi connectivity index (χ0) is 12.9. The number of fused-ring (bicyclic) bond motifs is 1. The largest absolute Gasteiger partial charge is 0.491 e. The van der Waals surface area contributed by atoms with E-state index in [9.17, 15) is 0 Å². The summed E-state index contributed by atoms with van der Waals surface area (Å²) in [6.45, 7) is 3.31. The van der Waals surface area contributed by atoms with Gasteiger partial charge in [-0.05, 0) is 12.1 Å². The molecule has 0 aliphatic carbocycles. The molecule has 1 aliphatic rings. The molecule has 1 aromatic carbocycles. The smallest absolute Gasteiger partial charge is 0.145 e. The molecule has 19 heavy (non-hydrogen) atoms. The van der Waals surface area contributed by atoms with Crippen molar-refractivity contribution in [3.05, 3.63) is 36.5 Å². The normalized spacial score (nSPS) is 19.5. The Hall–Kier alpha value is -1.65. The minimum atomic E-state index is 0.261. The summed E-state index contributed by atoms with van der Waals surface area (Å²) in [7, 11) is 0. The number of benzene rings is 1. The molecule has 1 atom stereocenters. The van der Waals surface area contributed by atoms with E-state index < -0.39 is 0 Å². The molecule has 0 saturated carbocycles. The van der Waals surface area contributed by atoms with Crippen molar-refractivity contribution in [2.75, 3.05) is 26.3 Å². The quantitative estimate of drug-likeness (QED) is 0.911. The molecule has 1 aromatic heterocycles. The van der Waals surface area contributed by atoms with Gasteiger partial charge in [-0.1, -0.05) is 18.2 Å². The van der Waals surface area contributed by atoms with Crippen molar-refractivity contribution < 1.29 is 9.47 Å². The monoisotopic (exact) mass is 258 g/mol. The van der Waals surface area contributed by atoms with Crippen molar-refractivity contribution in [3.63, 3.8) is 0 Å². The lowest BCUT2D eigenvalue weighted by molar-refractivity contribution is 0.0160. The molecule has 100 valence electrons. The molecule has 1 N–H and O–H groups in total. The van der Waals surface area contributed by atoms with Crippen LogP contribution in [0.4, 0.5) is 0 Å². The maximum absolute atomic E-state index is 5.85. The van der Waals surface area contributed by atoms with Crippen LogP contribution in [0.1, 0.15) is 6.42 Å². The Bertz CT molecular complexity index is 533. The number of hydrogen-bond donors (Lipinski definition) is 1. The second kappa shape index (κ2) is 5.99. The molecular weight excluding hydrogens is 240 g/mol. The van der Waals surface area contributed by atoms with Gasteiger partial charge in [0.1, 0.15) is 11.3 Å². The summed E-state index contributed by atoms with van der Waals surface area (Å²) < 4.78 is 11.5. The number of nitrogens with one attached hydrogen (secondary N) is 1. The molecule has 0 amide bonds. The highest BCUT2D eigenvalue weighted by Gasteiger charge is 2.13. The number of morpholine rings is 1. The van der Waals surface area contributed by atoms with Crippen molar-refractivity contribution in [1.29, 1.82) is 0 Å². The number of para-hydroxylation sites is 1.